The summed E-state index contributed by atoms with van der Waals surface area (Å²) in [5.41, 5.74) is 7.37. The molecule has 0 radical (unpaired) electrons. The highest BCUT2D eigenvalue weighted by Crippen LogP contribution is 2.35. The molecular formula is C14H22N4O. The first kappa shape index (κ1) is 12.5. The first-order valence-corrected chi connectivity index (χ1v) is 7.21. The number of carbonyl (C=O) groups excluding carboxylic acids is 1. The predicted molar refractivity (Wildman–Crippen MR) is 73.8 cm³/mol. The third-order valence-corrected chi connectivity index (χ3v) is 4.65. The van der Waals surface area contributed by atoms with E-state index in [1.54, 1.807) is 11.7 Å². The molecule has 1 amide bonds. The molecule has 2 N–H and O–H groups in total. The molecule has 0 aromatic carbocycles. The molecule has 1 aromatic heterocycles. The van der Waals surface area contributed by atoms with Crippen LogP contribution in [0.4, 0.5) is 5.82 Å². The molecule has 0 atom stereocenters. The highest BCUT2D eigenvalue weighted by Gasteiger charge is 2.38. The number of aromatic nitrogens is 2. The molecule has 3 rings (SSSR count). The second-order valence-electron chi connectivity index (χ2n) is 5.85. The largest absolute Gasteiger partial charge is 0.383 e. The predicted octanol–water partition coefficient (Wildman–Crippen LogP) is 1.86. The van der Waals surface area contributed by atoms with E-state index in [1.165, 1.54) is 12.8 Å². The van der Waals surface area contributed by atoms with Crippen LogP contribution in [0.15, 0.2) is 0 Å². The molecule has 2 fully saturated rings. The molecule has 19 heavy (non-hydrogen) atoms. The normalized spacial score (nSPS) is 19.9. The third kappa shape index (κ3) is 1.91. The van der Waals surface area contributed by atoms with Crippen molar-refractivity contribution in [1.82, 2.24) is 14.7 Å². The van der Waals surface area contributed by atoms with Crippen molar-refractivity contribution >= 4 is 11.7 Å². The van der Waals surface area contributed by atoms with Gasteiger partial charge in [-0.15, -0.1) is 0 Å². The summed E-state index contributed by atoms with van der Waals surface area (Å²) in [6, 6.07) is 0.855. The van der Waals surface area contributed by atoms with Gasteiger partial charge in [-0.1, -0.05) is 0 Å². The van der Waals surface area contributed by atoms with Crippen LogP contribution in [0.2, 0.25) is 0 Å². The maximum absolute atomic E-state index is 12.9. The number of carbonyl (C=O) groups is 1. The fraction of sp³-hybridized carbons (Fsp3) is 0.714. The molecule has 5 nitrogen and oxygen atoms in total. The topological polar surface area (TPSA) is 64.2 Å². The van der Waals surface area contributed by atoms with Crippen molar-refractivity contribution in [3.63, 3.8) is 0 Å². The fourth-order valence-corrected chi connectivity index (χ4v) is 3.03. The van der Waals surface area contributed by atoms with Gasteiger partial charge in [0.25, 0.3) is 5.91 Å². The van der Waals surface area contributed by atoms with Crippen molar-refractivity contribution in [1.29, 1.82) is 0 Å². The Morgan fingerprint density at radius 2 is 1.79 bits per heavy atom. The van der Waals surface area contributed by atoms with Crippen LogP contribution in [0.1, 0.15) is 54.6 Å². The Hall–Kier alpha value is -1.52. The third-order valence-electron chi connectivity index (χ3n) is 4.65. The van der Waals surface area contributed by atoms with Crippen LogP contribution in [-0.4, -0.2) is 32.7 Å². The quantitative estimate of drug-likeness (QED) is 0.904. The Morgan fingerprint density at radius 3 is 2.11 bits per heavy atom. The average Bonchev–Trinajstić information content (AvgIpc) is 2.46. The summed E-state index contributed by atoms with van der Waals surface area (Å²) >= 11 is 0. The highest BCUT2D eigenvalue weighted by atomic mass is 16.2. The smallest absolute Gasteiger partial charge is 0.260 e. The molecule has 2 saturated carbocycles. The summed E-state index contributed by atoms with van der Waals surface area (Å²) in [6.07, 6.45) is 7.04. The molecule has 0 aliphatic heterocycles. The number of amides is 1. The minimum absolute atomic E-state index is 0.0949. The summed E-state index contributed by atoms with van der Waals surface area (Å²) in [5, 5.41) is 4.26. The number of hydrogen-bond donors (Lipinski definition) is 1. The fourth-order valence-electron chi connectivity index (χ4n) is 3.03. The van der Waals surface area contributed by atoms with Gasteiger partial charge in [-0.25, -0.2) is 0 Å². The summed E-state index contributed by atoms with van der Waals surface area (Å²) in [7, 11) is 1.79. The Morgan fingerprint density at radius 1 is 1.26 bits per heavy atom. The molecule has 0 unspecified atom stereocenters. The molecule has 0 bridgehead atoms. The van der Waals surface area contributed by atoms with E-state index in [4.69, 9.17) is 5.73 Å². The van der Waals surface area contributed by atoms with Gasteiger partial charge in [-0.3, -0.25) is 9.48 Å². The van der Waals surface area contributed by atoms with E-state index >= 15 is 0 Å². The first-order valence-electron chi connectivity index (χ1n) is 7.21. The number of rotatable bonds is 3. The maximum Gasteiger partial charge on any atom is 0.260 e. The number of nitrogens with two attached hydrogens (primary N) is 1. The minimum Gasteiger partial charge on any atom is -0.383 e. The lowest BCUT2D eigenvalue weighted by Crippen LogP contribution is -2.52. The number of hydrogen-bond acceptors (Lipinski definition) is 3. The Bertz CT molecular complexity index is 486. The summed E-state index contributed by atoms with van der Waals surface area (Å²) in [6.45, 7) is 1.86. The second-order valence-corrected chi connectivity index (χ2v) is 5.85. The number of aryl methyl sites for hydroxylation is 2. The van der Waals surface area contributed by atoms with Crippen LogP contribution >= 0.6 is 0 Å². The van der Waals surface area contributed by atoms with Gasteiger partial charge in [-0.05, 0) is 45.4 Å². The van der Waals surface area contributed by atoms with Crippen LogP contribution in [0.5, 0.6) is 0 Å². The molecule has 0 spiro atoms. The zero-order valence-electron chi connectivity index (χ0n) is 11.7. The number of nitrogen functional groups attached to an aromatic ring is 1. The number of nitrogens with zero attached hydrogens (tertiary/aromatic N) is 3. The Labute approximate surface area is 113 Å². The van der Waals surface area contributed by atoms with E-state index < -0.39 is 0 Å². The molecule has 2 aliphatic rings. The minimum atomic E-state index is 0.0949. The van der Waals surface area contributed by atoms with Crippen LogP contribution < -0.4 is 5.73 Å². The van der Waals surface area contributed by atoms with Crippen molar-refractivity contribution < 1.29 is 4.79 Å². The lowest BCUT2D eigenvalue weighted by Gasteiger charge is -2.46. The van der Waals surface area contributed by atoms with Crippen LogP contribution in [0.25, 0.3) is 0 Å². The van der Waals surface area contributed by atoms with Crippen molar-refractivity contribution in [2.75, 3.05) is 5.73 Å². The van der Waals surface area contributed by atoms with Crippen molar-refractivity contribution in [2.24, 2.45) is 7.05 Å². The van der Waals surface area contributed by atoms with Crippen molar-refractivity contribution in [3.05, 3.63) is 11.3 Å². The van der Waals surface area contributed by atoms with Gasteiger partial charge in [-0.2, -0.15) is 5.10 Å². The van der Waals surface area contributed by atoms with Crippen LogP contribution in [0, 0.1) is 6.92 Å². The standard InChI is InChI=1S/C14H22N4O/c1-9-12(13(15)17(2)16-9)14(19)18(10-5-3-6-10)11-7-4-8-11/h10-11H,3-8,15H2,1-2H3. The van der Waals surface area contributed by atoms with Gasteiger partial charge >= 0.3 is 0 Å². The lowest BCUT2D eigenvalue weighted by molar-refractivity contribution is 0.0286. The van der Waals surface area contributed by atoms with Crippen molar-refractivity contribution in [3.8, 4) is 0 Å². The Kier molecular flexibility index (Phi) is 2.99. The van der Waals surface area contributed by atoms with Gasteiger partial charge in [0, 0.05) is 19.1 Å². The summed E-state index contributed by atoms with van der Waals surface area (Å²) < 4.78 is 1.60. The molecular weight excluding hydrogens is 240 g/mol. The average molecular weight is 262 g/mol. The van der Waals surface area contributed by atoms with E-state index in [9.17, 15) is 4.79 Å². The molecule has 5 heteroatoms. The summed E-state index contributed by atoms with van der Waals surface area (Å²) in [4.78, 5) is 15.0. The van der Waals surface area contributed by atoms with Gasteiger partial charge in [0.2, 0.25) is 0 Å². The number of anilines is 1. The Balaban J connectivity index is 1.90. The highest BCUT2D eigenvalue weighted by molar-refractivity contribution is 6.00. The molecule has 104 valence electrons. The maximum atomic E-state index is 12.9. The molecule has 0 saturated heterocycles. The van der Waals surface area contributed by atoms with E-state index in [2.05, 4.69) is 10.00 Å². The molecule has 1 aromatic rings. The second kappa shape index (κ2) is 4.54. The SMILES string of the molecule is Cc1nn(C)c(N)c1C(=O)N(C1CCC1)C1CCC1. The summed E-state index contributed by atoms with van der Waals surface area (Å²) in [5.74, 6) is 0.587. The van der Waals surface area contributed by atoms with E-state index in [1.807, 2.05) is 6.92 Å². The monoisotopic (exact) mass is 262 g/mol. The van der Waals surface area contributed by atoms with E-state index in [-0.39, 0.29) is 5.91 Å². The first-order chi connectivity index (χ1) is 9.09. The van der Waals surface area contributed by atoms with Gasteiger partial charge in [0.15, 0.2) is 0 Å². The van der Waals surface area contributed by atoms with Gasteiger partial charge < -0.3 is 10.6 Å². The molecule has 1 heterocycles. The van der Waals surface area contributed by atoms with Gasteiger partial charge in [0.1, 0.15) is 11.4 Å². The van der Waals surface area contributed by atoms with E-state index in [0.29, 0.717) is 23.5 Å². The van der Waals surface area contributed by atoms with Crippen molar-refractivity contribution in [2.45, 2.75) is 57.5 Å². The van der Waals surface area contributed by atoms with Crippen LogP contribution in [-0.2, 0) is 7.05 Å². The van der Waals surface area contributed by atoms with Gasteiger partial charge in [0.05, 0.1) is 5.69 Å². The molecule has 2 aliphatic carbocycles. The zero-order chi connectivity index (χ0) is 13.6. The zero-order valence-corrected chi connectivity index (χ0v) is 11.7. The van der Waals surface area contributed by atoms with E-state index in [0.717, 1.165) is 31.4 Å². The van der Waals surface area contributed by atoms with Crippen LogP contribution in [0.3, 0.4) is 0 Å². The lowest BCUT2D eigenvalue weighted by atomic mass is 9.84.